The molecule has 2 aromatic carbocycles. The van der Waals surface area contributed by atoms with Crippen LogP contribution in [0.1, 0.15) is 0 Å². The third-order valence-electron chi connectivity index (χ3n) is 2.77. The van der Waals surface area contributed by atoms with E-state index in [2.05, 4.69) is 0 Å². The molecule has 0 aliphatic rings. The number of hydrogen-bond donors (Lipinski definition) is 1. The minimum Gasteiger partial charge on any atom is -0.206 e. The van der Waals surface area contributed by atoms with Crippen molar-refractivity contribution in [2.45, 2.75) is 9.79 Å². The second-order valence-corrected chi connectivity index (χ2v) is 8.40. The summed E-state index contributed by atoms with van der Waals surface area (Å²) in [5, 5.41) is 0.381. The molecule has 0 radical (unpaired) electrons. The standard InChI is InChI=1S/C13H13ClN2O4S2/c1-16(15-21(17,18)12-5-3-2-4-6-12)22(19,20)13-9-7-11(14)8-10-13/h2-10,15H,1H3. The Morgan fingerprint density at radius 2 is 1.41 bits per heavy atom. The van der Waals surface area contributed by atoms with E-state index in [4.69, 9.17) is 11.6 Å². The lowest BCUT2D eigenvalue weighted by atomic mass is 10.4. The second-order valence-electron chi connectivity index (χ2n) is 4.33. The lowest BCUT2D eigenvalue weighted by molar-refractivity contribution is 0.432. The van der Waals surface area contributed by atoms with Gasteiger partial charge in [0.1, 0.15) is 0 Å². The molecule has 0 amide bonds. The third-order valence-corrected chi connectivity index (χ3v) is 6.23. The number of halogens is 1. The minimum atomic E-state index is -4.01. The van der Waals surface area contributed by atoms with E-state index >= 15 is 0 Å². The summed E-state index contributed by atoms with van der Waals surface area (Å²) in [6.45, 7) is 0. The normalized spacial score (nSPS) is 12.5. The molecule has 118 valence electrons. The van der Waals surface area contributed by atoms with Crippen LogP contribution in [0.4, 0.5) is 0 Å². The van der Waals surface area contributed by atoms with Gasteiger partial charge in [-0.2, -0.15) is 0 Å². The SMILES string of the molecule is CN(NS(=O)(=O)c1ccccc1)S(=O)(=O)c1ccc(Cl)cc1. The smallest absolute Gasteiger partial charge is 0.206 e. The van der Waals surface area contributed by atoms with E-state index in [0.29, 0.717) is 9.44 Å². The minimum absolute atomic E-state index is 0.0341. The van der Waals surface area contributed by atoms with Gasteiger partial charge in [0.05, 0.1) is 9.79 Å². The second kappa shape index (κ2) is 6.35. The monoisotopic (exact) mass is 360 g/mol. The van der Waals surface area contributed by atoms with E-state index in [1.54, 1.807) is 18.2 Å². The number of nitrogens with one attached hydrogen (secondary N) is 1. The van der Waals surface area contributed by atoms with E-state index in [0.717, 1.165) is 7.05 Å². The molecular weight excluding hydrogens is 348 g/mol. The van der Waals surface area contributed by atoms with Gasteiger partial charge in [-0.05, 0) is 36.4 Å². The zero-order valence-electron chi connectivity index (χ0n) is 11.5. The maximum atomic E-state index is 12.3. The Morgan fingerprint density at radius 3 is 1.95 bits per heavy atom. The molecule has 22 heavy (non-hydrogen) atoms. The molecule has 2 aromatic rings. The first kappa shape index (κ1) is 16.9. The van der Waals surface area contributed by atoms with Crippen LogP contribution in [0.5, 0.6) is 0 Å². The van der Waals surface area contributed by atoms with Crippen LogP contribution in [-0.4, -0.2) is 28.3 Å². The number of nitrogens with zero attached hydrogens (tertiary/aromatic N) is 1. The lowest BCUT2D eigenvalue weighted by Crippen LogP contribution is -2.43. The molecule has 9 heteroatoms. The van der Waals surface area contributed by atoms with Crippen LogP contribution in [-0.2, 0) is 20.0 Å². The lowest BCUT2D eigenvalue weighted by Gasteiger charge is -2.18. The van der Waals surface area contributed by atoms with Crippen LogP contribution in [0.2, 0.25) is 5.02 Å². The molecule has 0 saturated carbocycles. The van der Waals surface area contributed by atoms with Crippen molar-refractivity contribution in [1.82, 2.24) is 9.25 Å². The highest BCUT2D eigenvalue weighted by Crippen LogP contribution is 2.17. The van der Waals surface area contributed by atoms with Crippen molar-refractivity contribution in [3.63, 3.8) is 0 Å². The summed E-state index contributed by atoms with van der Waals surface area (Å²) in [5.74, 6) is 0. The number of sulfonamides is 2. The average Bonchev–Trinajstić information content (AvgIpc) is 2.48. The first-order valence-electron chi connectivity index (χ1n) is 6.05. The van der Waals surface area contributed by atoms with Gasteiger partial charge in [0, 0.05) is 12.1 Å². The maximum absolute atomic E-state index is 12.3. The zero-order chi connectivity index (χ0) is 16.4. The Hall–Kier alpha value is -1.45. The highest BCUT2D eigenvalue weighted by molar-refractivity contribution is 7.92. The summed E-state index contributed by atoms with van der Waals surface area (Å²) >= 11 is 5.71. The predicted molar refractivity (Wildman–Crippen MR) is 83.2 cm³/mol. The molecule has 2 rings (SSSR count). The third kappa shape index (κ3) is 3.65. The largest absolute Gasteiger partial charge is 0.256 e. The molecule has 0 heterocycles. The zero-order valence-corrected chi connectivity index (χ0v) is 13.9. The summed E-state index contributed by atoms with van der Waals surface area (Å²) in [5.41, 5.74) is 0. The summed E-state index contributed by atoms with van der Waals surface area (Å²) in [7, 11) is -6.89. The molecule has 0 aliphatic heterocycles. The fourth-order valence-corrected chi connectivity index (χ4v) is 4.20. The first-order chi connectivity index (χ1) is 10.2. The van der Waals surface area contributed by atoms with E-state index in [1.165, 1.54) is 36.4 Å². The molecule has 0 fully saturated rings. The van der Waals surface area contributed by atoms with Gasteiger partial charge in [0.25, 0.3) is 20.0 Å². The maximum Gasteiger partial charge on any atom is 0.256 e. The van der Waals surface area contributed by atoms with Crippen LogP contribution >= 0.6 is 11.6 Å². The summed E-state index contributed by atoms with van der Waals surface area (Å²) < 4.78 is 49.4. The number of benzene rings is 2. The number of hydrazine groups is 1. The highest BCUT2D eigenvalue weighted by atomic mass is 35.5. The fourth-order valence-electron chi connectivity index (χ4n) is 1.64. The Bertz CT molecular complexity index is 851. The number of rotatable bonds is 5. The van der Waals surface area contributed by atoms with Crippen LogP contribution in [0.15, 0.2) is 64.4 Å². The number of hydrogen-bond acceptors (Lipinski definition) is 4. The van der Waals surface area contributed by atoms with Crippen molar-refractivity contribution in [3.05, 3.63) is 59.6 Å². The summed E-state index contributed by atoms with van der Waals surface area (Å²) in [6, 6.07) is 12.9. The van der Waals surface area contributed by atoms with Gasteiger partial charge >= 0.3 is 0 Å². The summed E-state index contributed by atoms with van der Waals surface area (Å²) in [4.78, 5) is 1.90. The molecule has 0 aliphatic carbocycles. The van der Waals surface area contributed by atoms with Crippen LogP contribution in [0.3, 0.4) is 0 Å². The molecular formula is C13H13ClN2O4S2. The van der Waals surface area contributed by atoms with Crippen molar-refractivity contribution < 1.29 is 16.8 Å². The van der Waals surface area contributed by atoms with Gasteiger partial charge < -0.3 is 0 Å². The van der Waals surface area contributed by atoms with Gasteiger partial charge in [-0.3, -0.25) is 0 Å². The Morgan fingerprint density at radius 1 is 0.864 bits per heavy atom. The van der Waals surface area contributed by atoms with Crippen molar-refractivity contribution >= 4 is 31.6 Å². The van der Waals surface area contributed by atoms with Gasteiger partial charge in [-0.15, -0.1) is 9.25 Å². The van der Waals surface area contributed by atoms with Crippen LogP contribution in [0.25, 0.3) is 0 Å². The Kier molecular flexibility index (Phi) is 4.88. The summed E-state index contributed by atoms with van der Waals surface area (Å²) in [6.07, 6.45) is 0. The van der Waals surface area contributed by atoms with E-state index < -0.39 is 20.0 Å². The quantitative estimate of drug-likeness (QED) is 0.825. The topological polar surface area (TPSA) is 83.6 Å². The van der Waals surface area contributed by atoms with Crippen molar-refractivity contribution in [2.75, 3.05) is 7.05 Å². The van der Waals surface area contributed by atoms with Gasteiger partial charge in [0.15, 0.2) is 0 Å². The van der Waals surface area contributed by atoms with E-state index in [-0.39, 0.29) is 9.79 Å². The van der Waals surface area contributed by atoms with E-state index in [9.17, 15) is 16.8 Å². The molecule has 0 saturated heterocycles. The molecule has 6 nitrogen and oxygen atoms in total. The Balaban J connectivity index is 2.28. The van der Waals surface area contributed by atoms with Crippen molar-refractivity contribution in [1.29, 1.82) is 0 Å². The van der Waals surface area contributed by atoms with Crippen LogP contribution in [0, 0.1) is 0 Å². The van der Waals surface area contributed by atoms with Crippen molar-refractivity contribution in [2.24, 2.45) is 0 Å². The van der Waals surface area contributed by atoms with Crippen molar-refractivity contribution in [3.8, 4) is 0 Å². The molecule has 0 spiro atoms. The highest BCUT2D eigenvalue weighted by Gasteiger charge is 2.26. The molecule has 0 bridgehead atoms. The van der Waals surface area contributed by atoms with Gasteiger partial charge in [-0.1, -0.05) is 29.8 Å². The van der Waals surface area contributed by atoms with Gasteiger partial charge in [0.2, 0.25) is 0 Å². The van der Waals surface area contributed by atoms with Crippen LogP contribution < -0.4 is 4.83 Å². The first-order valence-corrected chi connectivity index (χ1v) is 9.35. The predicted octanol–water partition coefficient (Wildman–Crippen LogP) is 1.85. The average molecular weight is 361 g/mol. The molecule has 0 unspecified atom stereocenters. The molecule has 0 atom stereocenters. The Labute approximate surface area is 134 Å². The molecule has 1 N–H and O–H groups in total. The molecule has 0 aromatic heterocycles. The van der Waals surface area contributed by atoms with Gasteiger partial charge in [-0.25, -0.2) is 16.8 Å². The fraction of sp³-hybridized carbons (Fsp3) is 0.0769. The van der Waals surface area contributed by atoms with E-state index in [1.807, 2.05) is 4.83 Å².